The summed E-state index contributed by atoms with van der Waals surface area (Å²) < 4.78 is 0. The topological polar surface area (TPSA) is 62.3 Å². The second-order valence-electron chi connectivity index (χ2n) is 3.34. The average Bonchev–Trinajstić information content (AvgIpc) is 2.66. The average molecular weight is 225 g/mol. The van der Waals surface area contributed by atoms with E-state index in [0.29, 0.717) is 18.8 Å². The number of carbonyl (C=O) groups excluding carboxylic acids is 2. The van der Waals surface area contributed by atoms with Crippen molar-refractivity contribution < 1.29 is 9.59 Å². The fourth-order valence-electron chi connectivity index (χ4n) is 1.37. The van der Waals surface area contributed by atoms with E-state index in [4.69, 9.17) is 0 Å². The van der Waals surface area contributed by atoms with Crippen molar-refractivity contribution in [2.45, 2.75) is 6.92 Å². The Bertz CT molecular complexity index is 402. The second-order valence-corrected chi connectivity index (χ2v) is 4.18. The van der Waals surface area contributed by atoms with Crippen LogP contribution in [0.2, 0.25) is 0 Å². The van der Waals surface area contributed by atoms with E-state index in [1.807, 2.05) is 4.90 Å². The van der Waals surface area contributed by atoms with Gasteiger partial charge in [-0.1, -0.05) is 0 Å². The van der Waals surface area contributed by atoms with Crippen molar-refractivity contribution in [1.82, 2.24) is 10.3 Å². The molecular weight excluding hydrogens is 214 g/mol. The molecule has 1 aliphatic rings. The molecule has 1 aromatic rings. The fraction of sp³-hybridized carbons (Fsp3) is 0.444. The molecule has 0 saturated carbocycles. The molecule has 80 valence electrons. The van der Waals surface area contributed by atoms with Gasteiger partial charge in [-0.3, -0.25) is 9.59 Å². The van der Waals surface area contributed by atoms with Gasteiger partial charge in [0.05, 0.1) is 6.54 Å². The molecule has 0 radical (unpaired) electrons. The highest BCUT2D eigenvalue weighted by Gasteiger charge is 2.19. The van der Waals surface area contributed by atoms with Gasteiger partial charge < -0.3 is 10.2 Å². The Hall–Kier alpha value is -1.43. The molecule has 1 aromatic heterocycles. The van der Waals surface area contributed by atoms with Crippen LogP contribution in [0.3, 0.4) is 0 Å². The number of nitrogens with zero attached hydrogens (tertiary/aromatic N) is 2. The standard InChI is InChI=1S/C9H11N3O2S/c1-6(13)7-5-15-9(11-7)12-3-2-10-8(14)4-12/h5H,2-4H2,1H3,(H,10,14). The summed E-state index contributed by atoms with van der Waals surface area (Å²) in [5.41, 5.74) is 0.473. The molecule has 1 amide bonds. The number of anilines is 1. The zero-order valence-corrected chi connectivity index (χ0v) is 9.13. The van der Waals surface area contributed by atoms with Crippen LogP contribution in [0.1, 0.15) is 17.4 Å². The molecule has 0 atom stereocenters. The summed E-state index contributed by atoms with van der Waals surface area (Å²) in [7, 11) is 0. The van der Waals surface area contributed by atoms with Gasteiger partial charge in [0.1, 0.15) is 5.69 Å². The van der Waals surface area contributed by atoms with Gasteiger partial charge >= 0.3 is 0 Å². The number of ketones is 1. The van der Waals surface area contributed by atoms with Gasteiger partial charge in [-0.25, -0.2) is 4.98 Å². The maximum Gasteiger partial charge on any atom is 0.239 e. The SMILES string of the molecule is CC(=O)c1csc(N2CCNC(=O)C2)n1. The first-order valence-electron chi connectivity index (χ1n) is 4.65. The van der Waals surface area contributed by atoms with Gasteiger partial charge in [0.15, 0.2) is 10.9 Å². The summed E-state index contributed by atoms with van der Waals surface area (Å²) in [4.78, 5) is 28.3. The van der Waals surface area contributed by atoms with Crippen LogP contribution in [-0.4, -0.2) is 36.3 Å². The van der Waals surface area contributed by atoms with Crippen LogP contribution in [0, 0.1) is 0 Å². The monoisotopic (exact) mass is 225 g/mol. The number of amides is 1. The number of aromatic nitrogens is 1. The van der Waals surface area contributed by atoms with Crippen molar-refractivity contribution in [2.75, 3.05) is 24.5 Å². The summed E-state index contributed by atoms with van der Waals surface area (Å²) in [5.74, 6) is -0.0419. The quantitative estimate of drug-likeness (QED) is 0.734. The van der Waals surface area contributed by atoms with Gasteiger partial charge in [-0.15, -0.1) is 11.3 Å². The lowest BCUT2D eigenvalue weighted by molar-refractivity contribution is -0.120. The first kappa shape index (κ1) is 10.1. The van der Waals surface area contributed by atoms with Crippen molar-refractivity contribution in [3.8, 4) is 0 Å². The molecule has 1 saturated heterocycles. The number of piperazine rings is 1. The molecule has 0 aromatic carbocycles. The van der Waals surface area contributed by atoms with E-state index in [1.54, 1.807) is 5.38 Å². The van der Waals surface area contributed by atoms with Gasteiger partial charge in [0, 0.05) is 25.4 Å². The molecule has 15 heavy (non-hydrogen) atoms. The van der Waals surface area contributed by atoms with Crippen molar-refractivity contribution in [3.05, 3.63) is 11.1 Å². The molecule has 6 heteroatoms. The molecule has 2 rings (SSSR count). The molecule has 5 nitrogen and oxygen atoms in total. The highest BCUT2D eigenvalue weighted by molar-refractivity contribution is 7.14. The number of rotatable bonds is 2. The number of Topliss-reactive ketones (excluding diaryl/α,β-unsaturated/α-hetero) is 1. The van der Waals surface area contributed by atoms with E-state index in [0.717, 1.165) is 11.7 Å². The van der Waals surface area contributed by atoms with Crippen molar-refractivity contribution >= 4 is 28.2 Å². The maximum absolute atomic E-state index is 11.1. The summed E-state index contributed by atoms with van der Waals surface area (Å²) in [6, 6.07) is 0. The van der Waals surface area contributed by atoms with Crippen LogP contribution in [0.4, 0.5) is 5.13 Å². The van der Waals surface area contributed by atoms with E-state index in [9.17, 15) is 9.59 Å². The number of thiazole rings is 1. The van der Waals surface area contributed by atoms with Gasteiger partial charge in [-0.2, -0.15) is 0 Å². The van der Waals surface area contributed by atoms with E-state index >= 15 is 0 Å². The highest BCUT2D eigenvalue weighted by atomic mass is 32.1. The lowest BCUT2D eigenvalue weighted by atomic mass is 10.3. The zero-order chi connectivity index (χ0) is 10.8. The molecule has 0 bridgehead atoms. The molecule has 0 aliphatic carbocycles. The van der Waals surface area contributed by atoms with Crippen molar-refractivity contribution in [2.24, 2.45) is 0 Å². The fourth-order valence-corrected chi connectivity index (χ4v) is 2.26. The third kappa shape index (κ3) is 2.15. The minimum absolute atomic E-state index is 0.000764. The molecule has 2 heterocycles. The molecule has 1 fully saturated rings. The van der Waals surface area contributed by atoms with Crippen LogP contribution >= 0.6 is 11.3 Å². The Balaban J connectivity index is 2.14. The minimum Gasteiger partial charge on any atom is -0.353 e. The van der Waals surface area contributed by atoms with Crippen LogP contribution in [-0.2, 0) is 4.79 Å². The summed E-state index contributed by atoms with van der Waals surface area (Å²) >= 11 is 1.40. The van der Waals surface area contributed by atoms with E-state index < -0.39 is 0 Å². The predicted molar refractivity (Wildman–Crippen MR) is 57.3 cm³/mol. The van der Waals surface area contributed by atoms with Crippen molar-refractivity contribution in [1.29, 1.82) is 0 Å². The molecule has 1 N–H and O–H groups in total. The van der Waals surface area contributed by atoms with E-state index in [-0.39, 0.29) is 11.7 Å². The first-order chi connectivity index (χ1) is 7.16. The van der Waals surface area contributed by atoms with Crippen LogP contribution < -0.4 is 10.2 Å². The summed E-state index contributed by atoms with van der Waals surface area (Å²) in [6.07, 6.45) is 0. The first-order valence-corrected chi connectivity index (χ1v) is 5.53. The maximum atomic E-state index is 11.1. The predicted octanol–water partition coefficient (Wildman–Crippen LogP) is 0.282. The Morgan fingerprint density at radius 2 is 2.47 bits per heavy atom. The van der Waals surface area contributed by atoms with E-state index in [2.05, 4.69) is 10.3 Å². The van der Waals surface area contributed by atoms with E-state index in [1.165, 1.54) is 18.3 Å². The molecule has 0 unspecified atom stereocenters. The van der Waals surface area contributed by atoms with Crippen LogP contribution in [0.5, 0.6) is 0 Å². The smallest absolute Gasteiger partial charge is 0.239 e. The minimum atomic E-state index is -0.0426. The third-order valence-corrected chi connectivity index (χ3v) is 3.06. The number of hydrogen-bond donors (Lipinski definition) is 1. The number of hydrogen-bond acceptors (Lipinski definition) is 5. The van der Waals surface area contributed by atoms with Crippen LogP contribution in [0.15, 0.2) is 5.38 Å². The molecular formula is C9H11N3O2S. The number of nitrogens with one attached hydrogen (secondary N) is 1. The lowest BCUT2D eigenvalue weighted by Crippen LogP contribution is -2.47. The van der Waals surface area contributed by atoms with Crippen LogP contribution in [0.25, 0.3) is 0 Å². The van der Waals surface area contributed by atoms with Gasteiger partial charge in [0.2, 0.25) is 5.91 Å². The second kappa shape index (κ2) is 3.98. The van der Waals surface area contributed by atoms with Crippen molar-refractivity contribution in [3.63, 3.8) is 0 Å². The Morgan fingerprint density at radius 1 is 1.67 bits per heavy atom. The normalized spacial score (nSPS) is 16.3. The summed E-state index contributed by atoms with van der Waals surface area (Å²) in [6.45, 7) is 3.19. The molecule has 1 aliphatic heterocycles. The van der Waals surface area contributed by atoms with Gasteiger partial charge in [-0.05, 0) is 0 Å². The highest BCUT2D eigenvalue weighted by Crippen LogP contribution is 2.20. The Labute approximate surface area is 91.1 Å². The molecule has 0 spiro atoms. The largest absolute Gasteiger partial charge is 0.353 e. The number of carbonyl (C=O) groups is 2. The Morgan fingerprint density at radius 3 is 3.07 bits per heavy atom. The summed E-state index contributed by atoms with van der Waals surface area (Å²) in [5, 5.41) is 5.21. The Kier molecular flexibility index (Phi) is 2.68. The zero-order valence-electron chi connectivity index (χ0n) is 8.32. The lowest BCUT2D eigenvalue weighted by Gasteiger charge is -2.25. The third-order valence-electron chi connectivity index (χ3n) is 2.16. The van der Waals surface area contributed by atoms with Gasteiger partial charge in [0.25, 0.3) is 0 Å².